The lowest BCUT2D eigenvalue weighted by Gasteiger charge is -2.02. The van der Waals surface area contributed by atoms with Gasteiger partial charge in [0.15, 0.2) is 0 Å². The van der Waals surface area contributed by atoms with E-state index < -0.39 is 0 Å². The first-order chi connectivity index (χ1) is 9.24. The highest BCUT2D eigenvalue weighted by molar-refractivity contribution is 6.09. The summed E-state index contributed by atoms with van der Waals surface area (Å²) in [5, 5.41) is 0.934. The number of fused-ring (bicyclic) bond motifs is 1. The monoisotopic (exact) mass is 249 g/mol. The van der Waals surface area contributed by atoms with Gasteiger partial charge in [0.05, 0.1) is 17.4 Å². The van der Waals surface area contributed by atoms with Gasteiger partial charge in [0.25, 0.3) is 0 Å². The molecule has 0 amide bonds. The Kier molecular flexibility index (Phi) is 2.68. The van der Waals surface area contributed by atoms with Crippen molar-refractivity contribution in [1.29, 1.82) is 0 Å². The number of rotatable bonds is 2. The lowest BCUT2D eigenvalue weighted by atomic mass is 10.0. The van der Waals surface area contributed by atoms with Crippen molar-refractivity contribution in [2.45, 2.75) is 0 Å². The van der Waals surface area contributed by atoms with Crippen LogP contribution in [0, 0.1) is 0 Å². The SMILES string of the molecule is Nc1ccc(C(=O)c2ccc3ncccc3c2)nc1. The first-order valence-corrected chi connectivity index (χ1v) is 5.85. The van der Waals surface area contributed by atoms with Gasteiger partial charge in [-0.3, -0.25) is 14.8 Å². The number of hydrogen-bond donors (Lipinski definition) is 1. The van der Waals surface area contributed by atoms with Crippen molar-refractivity contribution in [3.63, 3.8) is 0 Å². The molecule has 2 aromatic heterocycles. The average molecular weight is 249 g/mol. The Morgan fingerprint density at radius 3 is 2.74 bits per heavy atom. The van der Waals surface area contributed by atoms with Gasteiger partial charge in [-0.2, -0.15) is 0 Å². The van der Waals surface area contributed by atoms with Gasteiger partial charge in [-0.15, -0.1) is 0 Å². The van der Waals surface area contributed by atoms with Crippen LogP contribution in [-0.2, 0) is 0 Å². The zero-order valence-corrected chi connectivity index (χ0v) is 10.1. The normalized spacial score (nSPS) is 10.5. The first-order valence-electron chi connectivity index (χ1n) is 5.85. The molecule has 1 aromatic carbocycles. The van der Waals surface area contributed by atoms with E-state index in [1.54, 1.807) is 24.4 Å². The van der Waals surface area contributed by atoms with E-state index in [0.29, 0.717) is 16.9 Å². The van der Waals surface area contributed by atoms with Gasteiger partial charge in [-0.1, -0.05) is 6.07 Å². The van der Waals surface area contributed by atoms with Gasteiger partial charge in [-0.25, -0.2) is 0 Å². The molecule has 4 nitrogen and oxygen atoms in total. The third-order valence-corrected chi connectivity index (χ3v) is 2.88. The van der Waals surface area contributed by atoms with E-state index in [4.69, 9.17) is 5.73 Å². The summed E-state index contributed by atoms with van der Waals surface area (Å²) in [6, 6.07) is 12.5. The van der Waals surface area contributed by atoms with Crippen LogP contribution in [0.4, 0.5) is 5.69 Å². The number of pyridine rings is 2. The van der Waals surface area contributed by atoms with Crippen LogP contribution in [0.25, 0.3) is 10.9 Å². The second-order valence-corrected chi connectivity index (χ2v) is 4.22. The fraction of sp³-hybridized carbons (Fsp3) is 0. The van der Waals surface area contributed by atoms with Crippen LogP contribution in [0.1, 0.15) is 16.1 Å². The largest absolute Gasteiger partial charge is 0.397 e. The average Bonchev–Trinajstić information content (AvgIpc) is 2.47. The summed E-state index contributed by atoms with van der Waals surface area (Å²) in [5.41, 5.74) is 7.95. The minimum atomic E-state index is -0.120. The summed E-state index contributed by atoms with van der Waals surface area (Å²) in [4.78, 5) is 20.5. The van der Waals surface area contributed by atoms with E-state index in [2.05, 4.69) is 9.97 Å². The van der Waals surface area contributed by atoms with Gasteiger partial charge in [0, 0.05) is 17.1 Å². The minimum Gasteiger partial charge on any atom is -0.397 e. The Hall–Kier alpha value is -2.75. The Morgan fingerprint density at radius 1 is 1.05 bits per heavy atom. The predicted octanol–water partition coefficient (Wildman–Crippen LogP) is 2.44. The number of aromatic nitrogens is 2. The minimum absolute atomic E-state index is 0.120. The molecule has 0 fully saturated rings. The molecule has 0 aliphatic heterocycles. The maximum absolute atomic E-state index is 12.3. The van der Waals surface area contributed by atoms with E-state index >= 15 is 0 Å². The Bertz CT molecular complexity index is 751. The number of nitrogens with two attached hydrogens (primary N) is 1. The lowest BCUT2D eigenvalue weighted by molar-refractivity contribution is 0.103. The van der Waals surface area contributed by atoms with Crippen molar-refractivity contribution >= 4 is 22.4 Å². The Morgan fingerprint density at radius 2 is 1.95 bits per heavy atom. The summed E-state index contributed by atoms with van der Waals surface area (Å²) < 4.78 is 0. The zero-order valence-electron chi connectivity index (χ0n) is 10.1. The molecule has 19 heavy (non-hydrogen) atoms. The highest BCUT2D eigenvalue weighted by Gasteiger charge is 2.10. The Balaban J connectivity index is 2.04. The van der Waals surface area contributed by atoms with E-state index in [1.165, 1.54) is 6.20 Å². The van der Waals surface area contributed by atoms with Crippen molar-refractivity contribution in [3.05, 3.63) is 66.1 Å². The van der Waals surface area contributed by atoms with Crippen molar-refractivity contribution < 1.29 is 4.79 Å². The number of ketones is 1. The molecule has 0 atom stereocenters. The molecule has 0 unspecified atom stereocenters. The number of carbonyl (C=O) groups is 1. The first kappa shape index (κ1) is 11.3. The summed E-state index contributed by atoms with van der Waals surface area (Å²) >= 11 is 0. The van der Waals surface area contributed by atoms with Gasteiger partial charge >= 0.3 is 0 Å². The Labute approximate surface area is 109 Å². The summed E-state index contributed by atoms with van der Waals surface area (Å²) in [5.74, 6) is -0.120. The van der Waals surface area contributed by atoms with Crippen molar-refractivity contribution in [1.82, 2.24) is 9.97 Å². The number of nitrogen functional groups attached to an aromatic ring is 1. The molecule has 4 heteroatoms. The highest BCUT2D eigenvalue weighted by Crippen LogP contribution is 2.16. The van der Waals surface area contributed by atoms with Crippen LogP contribution >= 0.6 is 0 Å². The lowest BCUT2D eigenvalue weighted by Crippen LogP contribution is -2.04. The van der Waals surface area contributed by atoms with Crippen molar-refractivity contribution in [3.8, 4) is 0 Å². The van der Waals surface area contributed by atoms with Crippen LogP contribution < -0.4 is 5.73 Å². The molecule has 3 rings (SSSR count). The molecular formula is C15H11N3O. The third kappa shape index (κ3) is 2.15. The molecule has 0 spiro atoms. The number of nitrogens with zero attached hydrogens (tertiary/aromatic N) is 2. The quantitative estimate of drug-likeness (QED) is 0.708. The summed E-state index contributed by atoms with van der Waals surface area (Å²) in [6.07, 6.45) is 3.21. The van der Waals surface area contributed by atoms with Gasteiger partial charge in [0.1, 0.15) is 5.69 Å². The van der Waals surface area contributed by atoms with Crippen LogP contribution in [-0.4, -0.2) is 15.8 Å². The third-order valence-electron chi connectivity index (χ3n) is 2.88. The van der Waals surface area contributed by atoms with Gasteiger partial charge in [-0.05, 0) is 36.4 Å². The van der Waals surface area contributed by atoms with E-state index in [-0.39, 0.29) is 5.78 Å². The molecule has 0 aliphatic carbocycles. The molecule has 0 saturated carbocycles. The predicted molar refractivity (Wildman–Crippen MR) is 73.8 cm³/mol. The van der Waals surface area contributed by atoms with Crippen molar-refractivity contribution in [2.75, 3.05) is 5.73 Å². The van der Waals surface area contributed by atoms with E-state index in [9.17, 15) is 4.79 Å². The van der Waals surface area contributed by atoms with Gasteiger partial charge in [0.2, 0.25) is 5.78 Å². The highest BCUT2D eigenvalue weighted by atomic mass is 16.1. The fourth-order valence-electron chi connectivity index (χ4n) is 1.90. The molecular weight excluding hydrogens is 238 g/mol. The summed E-state index contributed by atoms with van der Waals surface area (Å²) in [7, 11) is 0. The van der Waals surface area contributed by atoms with E-state index in [0.717, 1.165) is 10.9 Å². The van der Waals surface area contributed by atoms with Crippen molar-refractivity contribution in [2.24, 2.45) is 0 Å². The second-order valence-electron chi connectivity index (χ2n) is 4.22. The number of hydrogen-bond acceptors (Lipinski definition) is 4. The second kappa shape index (κ2) is 4.49. The standard InChI is InChI=1S/C15H11N3O/c16-12-4-6-14(18-9-12)15(19)11-3-5-13-10(8-11)2-1-7-17-13/h1-9H,16H2. The maximum Gasteiger partial charge on any atom is 0.211 e. The fourth-order valence-corrected chi connectivity index (χ4v) is 1.90. The molecule has 2 N–H and O–H groups in total. The maximum atomic E-state index is 12.3. The van der Waals surface area contributed by atoms with Crippen LogP contribution in [0.3, 0.4) is 0 Å². The zero-order chi connectivity index (χ0) is 13.2. The molecule has 2 heterocycles. The number of carbonyl (C=O) groups excluding carboxylic acids is 1. The molecule has 0 saturated heterocycles. The number of benzene rings is 1. The summed E-state index contributed by atoms with van der Waals surface area (Å²) in [6.45, 7) is 0. The molecule has 0 aliphatic rings. The smallest absolute Gasteiger partial charge is 0.211 e. The molecule has 0 radical (unpaired) electrons. The molecule has 92 valence electrons. The number of anilines is 1. The topological polar surface area (TPSA) is 68.9 Å². The van der Waals surface area contributed by atoms with Crippen LogP contribution in [0.5, 0.6) is 0 Å². The van der Waals surface area contributed by atoms with E-state index in [1.807, 2.05) is 24.3 Å². The van der Waals surface area contributed by atoms with Crippen LogP contribution in [0.15, 0.2) is 54.9 Å². The van der Waals surface area contributed by atoms with Gasteiger partial charge < -0.3 is 5.73 Å². The van der Waals surface area contributed by atoms with Crippen LogP contribution in [0.2, 0.25) is 0 Å². The molecule has 3 aromatic rings. The molecule has 0 bridgehead atoms.